The van der Waals surface area contributed by atoms with Gasteiger partial charge < -0.3 is 24.6 Å². The predicted molar refractivity (Wildman–Crippen MR) is 138 cm³/mol. The molecule has 1 saturated heterocycles. The third-order valence-corrected chi connectivity index (χ3v) is 7.69. The molecule has 2 amide bonds. The zero-order valence-electron chi connectivity index (χ0n) is 20.7. The van der Waals surface area contributed by atoms with Crippen LogP contribution < -0.4 is 10.3 Å². The van der Waals surface area contributed by atoms with Crippen LogP contribution in [0.1, 0.15) is 58.9 Å². The number of amides is 2. The lowest BCUT2D eigenvalue weighted by Crippen LogP contribution is -2.46. The average Bonchev–Trinajstić information content (AvgIpc) is 2.84. The number of benzene rings is 1. The number of nitrogens with one attached hydrogen (secondary N) is 1. The minimum absolute atomic E-state index is 0.175. The highest BCUT2D eigenvalue weighted by molar-refractivity contribution is 6.38. The Labute approximate surface area is 220 Å². The molecule has 0 spiro atoms. The number of aliphatic hydroxyl groups is 1. The van der Waals surface area contributed by atoms with Gasteiger partial charge in [-0.15, -0.1) is 0 Å². The number of halogens is 2. The maximum absolute atomic E-state index is 13.5. The zero-order chi connectivity index (χ0) is 26.1. The van der Waals surface area contributed by atoms with Crippen LogP contribution in [0, 0.1) is 13.8 Å². The second kappa shape index (κ2) is 10.8. The third-order valence-electron chi connectivity index (χ3n) is 6.98. The van der Waals surface area contributed by atoms with Gasteiger partial charge in [0.2, 0.25) is 0 Å². The number of nitrogens with zero attached hydrogens (tertiary/aromatic N) is 2. The summed E-state index contributed by atoms with van der Waals surface area (Å²) in [6, 6.07) is 3.54. The number of aryl methyl sites for hydroxylation is 2. The van der Waals surface area contributed by atoms with E-state index >= 15 is 0 Å². The van der Waals surface area contributed by atoms with Crippen molar-refractivity contribution in [1.82, 2.24) is 14.8 Å². The highest BCUT2D eigenvalue weighted by Gasteiger charge is 2.33. The molecule has 4 rings (SSSR count). The van der Waals surface area contributed by atoms with Crippen molar-refractivity contribution in [2.45, 2.75) is 65.2 Å². The number of hydrogen-bond donors (Lipinski definition) is 2. The molecule has 0 unspecified atom stereocenters. The highest BCUT2D eigenvalue weighted by Crippen LogP contribution is 2.40. The van der Waals surface area contributed by atoms with Crippen LogP contribution in [-0.4, -0.2) is 63.5 Å². The largest absolute Gasteiger partial charge is 0.489 e. The van der Waals surface area contributed by atoms with Crippen LogP contribution >= 0.6 is 23.2 Å². The first-order valence-corrected chi connectivity index (χ1v) is 13.0. The van der Waals surface area contributed by atoms with Crippen LogP contribution in [0.3, 0.4) is 0 Å². The van der Waals surface area contributed by atoms with Crippen LogP contribution in [-0.2, 0) is 17.8 Å². The third kappa shape index (κ3) is 5.26. The molecule has 10 heteroatoms. The number of aliphatic hydroxyl groups excluding tert-OH is 1. The predicted octanol–water partition coefficient (Wildman–Crippen LogP) is 3.64. The molecule has 194 valence electrons. The molecule has 1 fully saturated rings. The van der Waals surface area contributed by atoms with Crippen molar-refractivity contribution < 1.29 is 19.4 Å². The van der Waals surface area contributed by atoms with Gasteiger partial charge in [0.1, 0.15) is 18.0 Å². The number of carbonyl (C=O) groups is 2. The van der Waals surface area contributed by atoms with E-state index in [4.69, 9.17) is 27.9 Å². The molecule has 2 aliphatic rings. The summed E-state index contributed by atoms with van der Waals surface area (Å²) in [6.07, 6.45) is 0.850. The first-order chi connectivity index (χ1) is 17.1. The van der Waals surface area contributed by atoms with E-state index in [9.17, 15) is 19.5 Å². The van der Waals surface area contributed by atoms with Gasteiger partial charge in [-0.05, 0) is 43.9 Å². The van der Waals surface area contributed by atoms with Crippen LogP contribution in [0.5, 0.6) is 5.75 Å². The summed E-state index contributed by atoms with van der Waals surface area (Å²) in [6.45, 7) is 6.97. The van der Waals surface area contributed by atoms with Crippen molar-refractivity contribution in [3.8, 4) is 5.75 Å². The molecule has 3 heterocycles. The minimum atomic E-state index is -0.982. The fraction of sp³-hybridized carbons (Fsp3) is 0.500. The Morgan fingerprint density at radius 2 is 1.89 bits per heavy atom. The Kier molecular flexibility index (Phi) is 7.97. The molecule has 0 bridgehead atoms. The van der Waals surface area contributed by atoms with Crippen molar-refractivity contribution in [3.63, 3.8) is 0 Å². The maximum atomic E-state index is 13.5. The van der Waals surface area contributed by atoms with E-state index in [0.29, 0.717) is 72.8 Å². The summed E-state index contributed by atoms with van der Waals surface area (Å²) in [7, 11) is 0. The topological polar surface area (TPSA) is 103 Å². The molecule has 0 saturated carbocycles. The number of rotatable bonds is 6. The lowest BCUT2D eigenvalue weighted by Gasteiger charge is -2.34. The summed E-state index contributed by atoms with van der Waals surface area (Å²) in [5, 5.41) is 10.5. The SMILES string of the molecule is CC[C@@H](O)C(=O)N1CCC(Oc2cc(Cl)c3c(c2Cl)C(=O)N(Cc2c(C)cc(C)[nH]c2=O)CC3)CC1. The van der Waals surface area contributed by atoms with Gasteiger partial charge in [0, 0.05) is 54.8 Å². The number of pyridine rings is 1. The highest BCUT2D eigenvalue weighted by atomic mass is 35.5. The summed E-state index contributed by atoms with van der Waals surface area (Å²) in [4.78, 5) is 44.3. The molecular weight excluding hydrogens is 505 g/mol. The van der Waals surface area contributed by atoms with E-state index in [2.05, 4.69) is 4.98 Å². The van der Waals surface area contributed by atoms with E-state index in [1.807, 2.05) is 19.9 Å². The van der Waals surface area contributed by atoms with Crippen LogP contribution in [0.2, 0.25) is 10.0 Å². The number of carbonyl (C=O) groups excluding carboxylic acids is 2. The molecule has 1 aromatic carbocycles. The van der Waals surface area contributed by atoms with Gasteiger partial charge in [-0.1, -0.05) is 30.1 Å². The molecule has 0 radical (unpaired) electrons. The second-order valence-corrected chi connectivity index (χ2v) is 10.3. The Bertz CT molecular complexity index is 1240. The Hall–Kier alpha value is -2.55. The van der Waals surface area contributed by atoms with Crippen molar-refractivity contribution in [1.29, 1.82) is 0 Å². The lowest BCUT2D eigenvalue weighted by molar-refractivity contribution is -0.142. The van der Waals surface area contributed by atoms with Gasteiger partial charge in [0.15, 0.2) is 0 Å². The summed E-state index contributed by atoms with van der Waals surface area (Å²) in [5.41, 5.74) is 2.92. The number of aromatic nitrogens is 1. The number of H-pyrrole nitrogens is 1. The molecule has 2 aliphatic heterocycles. The average molecular weight is 536 g/mol. The van der Waals surface area contributed by atoms with Crippen LogP contribution in [0.4, 0.5) is 0 Å². The molecule has 2 N–H and O–H groups in total. The van der Waals surface area contributed by atoms with E-state index in [1.54, 1.807) is 22.8 Å². The van der Waals surface area contributed by atoms with Gasteiger partial charge in [0.05, 0.1) is 17.1 Å². The van der Waals surface area contributed by atoms with Crippen molar-refractivity contribution in [3.05, 3.63) is 60.5 Å². The molecule has 1 atom stereocenters. The van der Waals surface area contributed by atoms with Crippen molar-refractivity contribution in [2.24, 2.45) is 0 Å². The van der Waals surface area contributed by atoms with Gasteiger partial charge >= 0.3 is 0 Å². The molecule has 2 aromatic rings. The number of ether oxygens (including phenoxy) is 1. The maximum Gasteiger partial charge on any atom is 0.256 e. The van der Waals surface area contributed by atoms with Gasteiger partial charge in [-0.3, -0.25) is 14.4 Å². The number of likely N-dealkylation sites (tertiary alicyclic amines) is 1. The van der Waals surface area contributed by atoms with Gasteiger partial charge in [-0.25, -0.2) is 0 Å². The van der Waals surface area contributed by atoms with E-state index < -0.39 is 6.10 Å². The molecular formula is C26H31Cl2N3O5. The van der Waals surface area contributed by atoms with E-state index in [0.717, 1.165) is 11.3 Å². The fourth-order valence-electron chi connectivity index (χ4n) is 4.88. The lowest BCUT2D eigenvalue weighted by atomic mass is 9.97. The van der Waals surface area contributed by atoms with Crippen molar-refractivity contribution >= 4 is 35.0 Å². The Morgan fingerprint density at radius 3 is 2.53 bits per heavy atom. The first-order valence-electron chi connectivity index (χ1n) is 12.2. The molecule has 1 aromatic heterocycles. The Balaban J connectivity index is 1.51. The number of fused-ring (bicyclic) bond motifs is 1. The summed E-state index contributed by atoms with van der Waals surface area (Å²) in [5.74, 6) is -0.223. The quantitative estimate of drug-likeness (QED) is 0.587. The van der Waals surface area contributed by atoms with Gasteiger partial charge in [0.25, 0.3) is 17.4 Å². The fourth-order valence-corrected chi connectivity index (χ4v) is 5.46. The summed E-state index contributed by atoms with van der Waals surface area (Å²) >= 11 is 13.3. The number of piperidine rings is 1. The normalized spacial score (nSPS) is 17.2. The first kappa shape index (κ1) is 26.5. The van der Waals surface area contributed by atoms with E-state index in [1.165, 1.54) is 0 Å². The smallest absolute Gasteiger partial charge is 0.256 e. The minimum Gasteiger partial charge on any atom is -0.489 e. The van der Waals surface area contributed by atoms with Crippen LogP contribution in [0.15, 0.2) is 16.9 Å². The van der Waals surface area contributed by atoms with Crippen LogP contribution in [0.25, 0.3) is 0 Å². The van der Waals surface area contributed by atoms with Gasteiger partial charge in [-0.2, -0.15) is 0 Å². The molecule has 0 aliphatic carbocycles. The zero-order valence-corrected chi connectivity index (χ0v) is 22.2. The number of aromatic amines is 1. The number of hydrogen-bond acceptors (Lipinski definition) is 5. The summed E-state index contributed by atoms with van der Waals surface area (Å²) < 4.78 is 6.16. The second-order valence-electron chi connectivity index (χ2n) is 9.51. The van der Waals surface area contributed by atoms with Crippen molar-refractivity contribution in [2.75, 3.05) is 19.6 Å². The Morgan fingerprint density at radius 1 is 1.19 bits per heavy atom. The van der Waals surface area contributed by atoms with E-state index in [-0.39, 0.29) is 35.0 Å². The standard InChI is InChI=1S/C26H31Cl2N3O5/c1-4-20(32)25(34)30-8-5-16(6-9-30)36-21-12-19(27)17-7-10-31(26(35)22(17)23(21)28)13-18-14(2)11-15(3)29-24(18)33/h11-12,16,20,32H,4-10,13H2,1-3H3,(H,29,33)/t20-/m1/s1. The molecule has 8 nitrogen and oxygen atoms in total. The molecule has 36 heavy (non-hydrogen) atoms. The monoisotopic (exact) mass is 535 g/mol.